The molecule has 5 nitrogen and oxygen atoms in total. The number of rotatable bonds is 4. The van der Waals surface area contributed by atoms with Gasteiger partial charge in [-0.3, -0.25) is 10.1 Å². The largest absolute Gasteiger partial charge is 0.508 e. The van der Waals surface area contributed by atoms with Crippen molar-refractivity contribution < 1.29 is 10.0 Å². The normalized spacial score (nSPS) is 11.9. The lowest BCUT2D eigenvalue weighted by atomic mass is 10.1. The fraction of sp³-hybridized carbons (Fsp3) is 0.200. The van der Waals surface area contributed by atoms with Crippen LogP contribution in [0, 0.1) is 17.0 Å². The van der Waals surface area contributed by atoms with Crippen molar-refractivity contribution in [3.63, 3.8) is 0 Å². The zero-order valence-electron chi connectivity index (χ0n) is 11.3. The molecule has 2 N–H and O–H groups in total. The predicted octanol–water partition coefficient (Wildman–Crippen LogP) is 3.78. The van der Waals surface area contributed by atoms with Crippen LogP contribution in [0.5, 0.6) is 5.75 Å². The molecule has 1 unspecified atom stereocenters. The number of nitro groups is 1. The molecule has 0 radical (unpaired) electrons. The van der Waals surface area contributed by atoms with Gasteiger partial charge in [-0.05, 0) is 37.6 Å². The number of aromatic hydroxyl groups is 1. The summed E-state index contributed by atoms with van der Waals surface area (Å²) in [6.07, 6.45) is 0. The standard InChI is InChI=1S/C15H16N2O3/c1-10-3-6-13(9-15(10)17(19)20)16-11(2)12-4-7-14(18)8-5-12/h3-9,11,16,18H,1-2H3. The maximum atomic E-state index is 10.9. The van der Waals surface area contributed by atoms with Gasteiger partial charge in [-0.15, -0.1) is 0 Å². The molecule has 0 aromatic heterocycles. The Balaban J connectivity index is 2.19. The summed E-state index contributed by atoms with van der Waals surface area (Å²) in [4.78, 5) is 10.5. The zero-order valence-corrected chi connectivity index (χ0v) is 11.3. The highest BCUT2D eigenvalue weighted by Crippen LogP contribution is 2.26. The molecule has 2 rings (SSSR count). The summed E-state index contributed by atoms with van der Waals surface area (Å²) < 4.78 is 0. The van der Waals surface area contributed by atoms with Crippen LogP contribution in [0.3, 0.4) is 0 Å². The monoisotopic (exact) mass is 272 g/mol. The van der Waals surface area contributed by atoms with Crippen LogP contribution in [0.2, 0.25) is 0 Å². The average Bonchev–Trinajstić information content (AvgIpc) is 2.41. The first-order chi connectivity index (χ1) is 9.47. The topological polar surface area (TPSA) is 75.4 Å². The van der Waals surface area contributed by atoms with E-state index >= 15 is 0 Å². The Bertz CT molecular complexity index is 624. The van der Waals surface area contributed by atoms with E-state index in [1.54, 1.807) is 25.1 Å². The number of anilines is 1. The quantitative estimate of drug-likeness (QED) is 0.656. The number of hydrogen-bond acceptors (Lipinski definition) is 4. The lowest BCUT2D eigenvalue weighted by Gasteiger charge is -2.16. The van der Waals surface area contributed by atoms with Crippen molar-refractivity contribution in [1.29, 1.82) is 0 Å². The summed E-state index contributed by atoms with van der Waals surface area (Å²) in [5.41, 5.74) is 2.43. The van der Waals surface area contributed by atoms with Gasteiger partial charge >= 0.3 is 0 Å². The van der Waals surface area contributed by atoms with Gasteiger partial charge in [-0.2, -0.15) is 0 Å². The highest BCUT2D eigenvalue weighted by molar-refractivity contribution is 5.55. The van der Waals surface area contributed by atoms with Gasteiger partial charge in [0.25, 0.3) is 5.69 Å². The van der Waals surface area contributed by atoms with E-state index in [0.29, 0.717) is 11.3 Å². The lowest BCUT2D eigenvalue weighted by Crippen LogP contribution is -2.06. The maximum absolute atomic E-state index is 10.9. The number of benzene rings is 2. The smallest absolute Gasteiger partial charge is 0.274 e. The van der Waals surface area contributed by atoms with E-state index in [4.69, 9.17) is 0 Å². The van der Waals surface area contributed by atoms with Crippen LogP contribution in [0.4, 0.5) is 11.4 Å². The van der Waals surface area contributed by atoms with Gasteiger partial charge in [0.1, 0.15) is 5.75 Å². The van der Waals surface area contributed by atoms with Gasteiger partial charge in [0.2, 0.25) is 0 Å². The number of hydrogen-bond donors (Lipinski definition) is 2. The van der Waals surface area contributed by atoms with Gasteiger partial charge in [0.15, 0.2) is 0 Å². The van der Waals surface area contributed by atoms with Gasteiger partial charge in [-0.1, -0.05) is 18.2 Å². The molecular formula is C15H16N2O3. The second-order valence-corrected chi connectivity index (χ2v) is 4.72. The summed E-state index contributed by atoms with van der Waals surface area (Å²) in [7, 11) is 0. The molecule has 0 amide bonds. The molecule has 0 aliphatic heterocycles. The molecule has 0 fully saturated rings. The third-order valence-electron chi connectivity index (χ3n) is 3.18. The molecule has 0 saturated heterocycles. The highest BCUT2D eigenvalue weighted by Gasteiger charge is 2.12. The molecule has 0 heterocycles. The van der Waals surface area contributed by atoms with Crippen molar-refractivity contribution in [2.24, 2.45) is 0 Å². The summed E-state index contributed by atoms with van der Waals surface area (Å²) in [5, 5.41) is 23.4. The Morgan fingerprint density at radius 3 is 2.45 bits per heavy atom. The van der Waals surface area contributed by atoms with Crippen LogP contribution < -0.4 is 5.32 Å². The highest BCUT2D eigenvalue weighted by atomic mass is 16.6. The van der Waals surface area contributed by atoms with Crippen LogP contribution in [-0.2, 0) is 0 Å². The molecule has 2 aromatic rings. The second kappa shape index (κ2) is 5.61. The van der Waals surface area contributed by atoms with Crippen molar-refractivity contribution >= 4 is 11.4 Å². The summed E-state index contributed by atoms with van der Waals surface area (Å²) in [6.45, 7) is 3.67. The molecule has 1 atom stereocenters. The molecule has 0 spiro atoms. The lowest BCUT2D eigenvalue weighted by molar-refractivity contribution is -0.385. The third kappa shape index (κ3) is 3.06. The molecule has 0 bridgehead atoms. The van der Waals surface area contributed by atoms with E-state index in [1.165, 1.54) is 6.07 Å². The van der Waals surface area contributed by atoms with Crippen molar-refractivity contribution in [2.75, 3.05) is 5.32 Å². The number of aryl methyl sites for hydroxylation is 1. The molecule has 5 heteroatoms. The third-order valence-corrected chi connectivity index (χ3v) is 3.18. The molecule has 0 aliphatic rings. The van der Waals surface area contributed by atoms with E-state index in [2.05, 4.69) is 5.32 Å². The Morgan fingerprint density at radius 1 is 1.20 bits per heavy atom. The summed E-state index contributed by atoms with van der Waals surface area (Å²) in [5.74, 6) is 0.215. The van der Waals surface area contributed by atoms with Gasteiger partial charge < -0.3 is 10.4 Å². The minimum absolute atomic E-state index is 0.0158. The Kier molecular flexibility index (Phi) is 3.89. The second-order valence-electron chi connectivity index (χ2n) is 4.72. The van der Waals surface area contributed by atoms with E-state index in [0.717, 1.165) is 5.56 Å². The van der Waals surface area contributed by atoms with E-state index < -0.39 is 0 Å². The van der Waals surface area contributed by atoms with Crippen LogP contribution in [0.25, 0.3) is 0 Å². The van der Waals surface area contributed by atoms with Crippen molar-refractivity contribution in [1.82, 2.24) is 0 Å². The molecule has 20 heavy (non-hydrogen) atoms. The van der Waals surface area contributed by atoms with Crippen molar-refractivity contribution in [2.45, 2.75) is 19.9 Å². The average molecular weight is 272 g/mol. The van der Waals surface area contributed by atoms with Crippen LogP contribution >= 0.6 is 0 Å². The van der Waals surface area contributed by atoms with Crippen molar-refractivity contribution in [3.05, 3.63) is 63.7 Å². The number of nitrogens with one attached hydrogen (secondary N) is 1. The zero-order chi connectivity index (χ0) is 14.7. The molecular weight excluding hydrogens is 256 g/mol. The summed E-state index contributed by atoms with van der Waals surface area (Å²) in [6, 6.07) is 11.9. The predicted molar refractivity (Wildman–Crippen MR) is 78.0 cm³/mol. The SMILES string of the molecule is Cc1ccc(NC(C)c2ccc(O)cc2)cc1[N+](=O)[O-]. The number of phenols is 1. The molecule has 104 valence electrons. The van der Waals surface area contributed by atoms with Crippen molar-refractivity contribution in [3.8, 4) is 5.75 Å². The maximum Gasteiger partial charge on any atom is 0.274 e. The van der Waals surface area contributed by atoms with Gasteiger partial charge in [0.05, 0.1) is 4.92 Å². The number of phenolic OH excluding ortho intramolecular Hbond substituents is 1. The summed E-state index contributed by atoms with van der Waals surface area (Å²) >= 11 is 0. The Hall–Kier alpha value is -2.56. The van der Waals surface area contributed by atoms with E-state index in [9.17, 15) is 15.2 Å². The van der Waals surface area contributed by atoms with E-state index in [1.807, 2.05) is 25.1 Å². The Labute approximate surface area is 117 Å². The van der Waals surface area contributed by atoms with Gasteiger partial charge in [-0.25, -0.2) is 0 Å². The van der Waals surface area contributed by atoms with Crippen LogP contribution in [-0.4, -0.2) is 10.0 Å². The van der Waals surface area contributed by atoms with Gasteiger partial charge in [0, 0.05) is 23.4 Å². The number of nitrogens with zero attached hydrogens (tertiary/aromatic N) is 1. The molecule has 0 saturated carbocycles. The van der Waals surface area contributed by atoms with Crippen LogP contribution in [0.15, 0.2) is 42.5 Å². The first-order valence-corrected chi connectivity index (χ1v) is 6.28. The minimum Gasteiger partial charge on any atom is -0.508 e. The molecule has 0 aliphatic carbocycles. The minimum atomic E-state index is -0.383. The molecule has 2 aromatic carbocycles. The number of nitro benzene ring substituents is 1. The Morgan fingerprint density at radius 2 is 1.85 bits per heavy atom. The first-order valence-electron chi connectivity index (χ1n) is 6.28. The fourth-order valence-corrected chi connectivity index (χ4v) is 1.99. The first kappa shape index (κ1) is 13.9. The fourth-order valence-electron chi connectivity index (χ4n) is 1.99. The van der Waals surface area contributed by atoms with Crippen LogP contribution in [0.1, 0.15) is 24.1 Å². The van der Waals surface area contributed by atoms with E-state index in [-0.39, 0.29) is 22.4 Å².